The lowest BCUT2D eigenvalue weighted by molar-refractivity contribution is 0.130. The molecule has 1 atom stereocenters. The molecule has 7 nitrogen and oxygen atoms in total. The fourth-order valence-corrected chi connectivity index (χ4v) is 2.90. The van der Waals surface area contributed by atoms with Gasteiger partial charge in [0, 0.05) is 11.8 Å². The van der Waals surface area contributed by atoms with E-state index in [0.29, 0.717) is 17.3 Å². The Morgan fingerprint density at radius 1 is 1.44 bits per heavy atom. The molecule has 0 bridgehead atoms. The van der Waals surface area contributed by atoms with Gasteiger partial charge in [0.15, 0.2) is 5.82 Å². The standard InChI is InChI=1S/C17H21ClN4O3/c1-9-6-12(10(2)19-16(9)25-3)20-15-17(24)22(8-14(18)21-15)7-13(23)11-4-5-11/h6,8,11,13,23H,4-5,7H2,1-3H3,(H,20,21)/t13-/m1/s1. The van der Waals surface area contributed by atoms with Gasteiger partial charge in [-0.15, -0.1) is 0 Å². The quantitative estimate of drug-likeness (QED) is 0.818. The Morgan fingerprint density at radius 3 is 2.80 bits per heavy atom. The van der Waals surface area contributed by atoms with E-state index in [2.05, 4.69) is 15.3 Å². The number of aromatic nitrogens is 3. The van der Waals surface area contributed by atoms with Gasteiger partial charge in [0.05, 0.1) is 31.1 Å². The van der Waals surface area contributed by atoms with Gasteiger partial charge in [-0.2, -0.15) is 0 Å². The molecular weight excluding hydrogens is 344 g/mol. The zero-order valence-corrected chi connectivity index (χ0v) is 15.2. The van der Waals surface area contributed by atoms with Gasteiger partial charge in [-0.25, -0.2) is 9.97 Å². The van der Waals surface area contributed by atoms with Crippen molar-refractivity contribution in [2.45, 2.75) is 39.3 Å². The highest BCUT2D eigenvalue weighted by Gasteiger charge is 2.30. The molecule has 1 aliphatic carbocycles. The van der Waals surface area contributed by atoms with Crippen LogP contribution in [0.25, 0.3) is 0 Å². The van der Waals surface area contributed by atoms with E-state index >= 15 is 0 Å². The van der Waals surface area contributed by atoms with Crippen LogP contribution in [0.2, 0.25) is 5.15 Å². The Balaban J connectivity index is 1.91. The van der Waals surface area contributed by atoms with E-state index in [1.165, 1.54) is 10.8 Å². The first kappa shape index (κ1) is 17.7. The normalized spacial score (nSPS) is 15.1. The average Bonchev–Trinajstić information content (AvgIpc) is 3.39. The van der Waals surface area contributed by atoms with Crippen LogP contribution in [0.4, 0.5) is 11.5 Å². The fraction of sp³-hybridized carbons (Fsp3) is 0.471. The molecule has 1 saturated carbocycles. The summed E-state index contributed by atoms with van der Waals surface area (Å²) in [4.78, 5) is 21.1. The van der Waals surface area contributed by atoms with Gasteiger partial charge in [-0.1, -0.05) is 11.6 Å². The number of rotatable bonds is 6. The molecule has 25 heavy (non-hydrogen) atoms. The summed E-state index contributed by atoms with van der Waals surface area (Å²) < 4.78 is 6.60. The number of methoxy groups -OCH3 is 1. The van der Waals surface area contributed by atoms with E-state index in [4.69, 9.17) is 16.3 Å². The third kappa shape index (κ3) is 3.93. The molecule has 0 amide bonds. The van der Waals surface area contributed by atoms with Crippen LogP contribution in [0.3, 0.4) is 0 Å². The molecule has 0 unspecified atom stereocenters. The Morgan fingerprint density at radius 2 is 2.16 bits per heavy atom. The second kappa shape index (κ2) is 7.01. The van der Waals surface area contributed by atoms with Crippen LogP contribution in [0.5, 0.6) is 5.88 Å². The van der Waals surface area contributed by atoms with Crippen molar-refractivity contribution in [2.24, 2.45) is 5.92 Å². The maximum atomic E-state index is 12.6. The Kier molecular flexibility index (Phi) is 4.96. The number of anilines is 2. The van der Waals surface area contributed by atoms with Crippen molar-refractivity contribution in [3.63, 3.8) is 0 Å². The van der Waals surface area contributed by atoms with Gasteiger partial charge in [-0.05, 0) is 38.7 Å². The summed E-state index contributed by atoms with van der Waals surface area (Å²) in [7, 11) is 1.56. The van der Waals surface area contributed by atoms with Crippen molar-refractivity contribution < 1.29 is 9.84 Å². The van der Waals surface area contributed by atoms with E-state index in [0.717, 1.165) is 18.4 Å². The summed E-state index contributed by atoms with van der Waals surface area (Å²) in [6.45, 7) is 3.88. The Hall–Kier alpha value is -2.12. The molecule has 8 heteroatoms. The second-order valence-electron chi connectivity index (χ2n) is 6.35. The minimum atomic E-state index is -0.546. The van der Waals surface area contributed by atoms with Crippen LogP contribution in [0.15, 0.2) is 17.1 Å². The van der Waals surface area contributed by atoms with Crippen molar-refractivity contribution in [3.05, 3.63) is 39.0 Å². The maximum Gasteiger partial charge on any atom is 0.293 e. The number of aryl methyl sites for hydroxylation is 2. The predicted molar refractivity (Wildman–Crippen MR) is 95.8 cm³/mol. The molecule has 2 aromatic heterocycles. The molecule has 1 fully saturated rings. The SMILES string of the molecule is COc1nc(C)c(Nc2nc(Cl)cn(C[C@@H](O)C3CC3)c2=O)cc1C. The molecule has 0 saturated heterocycles. The smallest absolute Gasteiger partial charge is 0.293 e. The number of nitrogens with zero attached hydrogens (tertiary/aromatic N) is 3. The molecule has 2 N–H and O–H groups in total. The third-order valence-electron chi connectivity index (χ3n) is 4.30. The number of aliphatic hydroxyl groups is 1. The Labute approximate surface area is 150 Å². The van der Waals surface area contributed by atoms with Crippen LogP contribution in [-0.4, -0.2) is 32.9 Å². The van der Waals surface area contributed by atoms with Crippen LogP contribution >= 0.6 is 11.6 Å². The minimum absolute atomic E-state index is 0.102. The highest BCUT2D eigenvalue weighted by Crippen LogP contribution is 2.33. The first-order valence-electron chi connectivity index (χ1n) is 8.13. The highest BCUT2D eigenvalue weighted by atomic mass is 35.5. The van der Waals surface area contributed by atoms with E-state index in [9.17, 15) is 9.90 Å². The lowest BCUT2D eigenvalue weighted by Crippen LogP contribution is -2.29. The van der Waals surface area contributed by atoms with Crippen LogP contribution in [-0.2, 0) is 6.54 Å². The number of hydrogen-bond acceptors (Lipinski definition) is 6. The first-order chi connectivity index (χ1) is 11.9. The number of nitrogens with one attached hydrogen (secondary N) is 1. The van der Waals surface area contributed by atoms with Crippen molar-refractivity contribution >= 4 is 23.1 Å². The summed E-state index contributed by atoms with van der Waals surface area (Å²) in [5.41, 5.74) is 1.83. The summed E-state index contributed by atoms with van der Waals surface area (Å²) in [5.74, 6) is 0.906. The van der Waals surface area contributed by atoms with Gasteiger partial charge < -0.3 is 19.7 Å². The topological polar surface area (TPSA) is 89.3 Å². The van der Waals surface area contributed by atoms with Crippen LogP contribution < -0.4 is 15.6 Å². The van der Waals surface area contributed by atoms with Crippen molar-refractivity contribution in [2.75, 3.05) is 12.4 Å². The average molecular weight is 365 g/mol. The zero-order valence-electron chi connectivity index (χ0n) is 14.4. The third-order valence-corrected chi connectivity index (χ3v) is 4.48. The van der Waals surface area contributed by atoms with Crippen LogP contribution in [0, 0.1) is 19.8 Å². The van der Waals surface area contributed by atoms with Gasteiger partial charge in [0.25, 0.3) is 5.56 Å². The summed E-state index contributed by atoms with van der Waals surface area (Å²) >= 11 is 6.06. The van der Waals surface area contributed by atoms with E-state index in [1.54, 1.807) is 7.11 Å². The lowest BCUT2D eigenvalue weighted by atomic mass is 10.2. The number of pyridine rings is 1. The second-order valence-corrected chi connectivity index (χ2v) is 6.73. The molecular formula is C17H21ClN4O3. The van der Waals surface area contributed by atoms with E-state index in [1.807, 2.05) is 19.9 Å². The van der Waals surface area contributed by atoms with Gasteiger partial charge >= 0.3 is 0 Å². The Bertz CT molecular complexity index is 849. The number of ether oxygens (including phenoxy) is 1. The minimum Gasteiger partial charge on any atom is -0.481 e. The monoisotopic (exact) mass is 364 g/mol. The molecule has 0 radical (unpaired) electrons. The van der Waals surface area contributed by atoms with Gasteiger partial charge in [0.1, 0.15) is 5.15 Å². The number of hydrogen-bond donors (Lipinski definition) is 2. The first-order valence-corrected chi connectivity index (χ1v) is 8.51. The van der Waals surface area contributed by atoms with E-state index < -0.39 is 6.10 Å². The lowest BCUT2D eigenvalue weighted by Gasteiger charge is -2.15. The fourth-order valence-electron chi connectivity index (χ4n) is 2.70. The molecule has 3 rings (SSSR count). The maximum absolute atomic E-state index is 12.6. The van der Waals surface area contributed by atoms with E-state index in [-0.39, 0.29) is 29.0 Å². The molecule has 0 spiro atoms. The molecule has 0 aromatic carbocycles. The number of aliphatic hydroxyl groups excluding tert-OH is 1. The summed E-state index contributed by atoms with van der Waals surface area (Å²) in [6, 6.07) is 1.84. The van der Waals surface area contributed by atoms with Gasteiger partial charge in [0.2, 0.25) is 5.88 Å². The predicted octanol–water partition coefficient (Wildman–Crippen LogP) is 2.43. The molecule has 134 valence electrons. The van der Waals surface area contributed by atoms with Crippen molar-refractivity contribution in [3.8, 4) is 5.88 Å². The van der Waals surface area contributed by atoms with Crippen LogP contribution in [0.1, 0.15) is 24.1 Å². The highest BCUT2D eigenvalue weighted by molar-refractivity contribution is 6.29. The summed E-state index contributed by atoms with van der Waals surface area (Å²) in [6.07, 6.45) is 2.90. The number of halogens is 1. The summed E-state index contributed by atoms with van der Waals surface area (Å²) in [5, 5.41) is 13.3. The largest absolute Gasteiger partial charge is 0.481 e. The molecule has 1 aliphatic rings. The zero-order chi connectivity index (χ0) is 18.1. The van der Waals surface area contributed by atoms with Crippen molar-refractivity contribution in [1.82, 2.24) is 14.5 Å². The molecule has 2 aromatic rings. The van der Waals surface area contributed by atoms with Gasteiger partial charge in [-0.3, -0.25) is 4.79 Å². The molecule has 0 aliphatic heterocycles. The van der Waals surface area contributed by atoms with Crippen molar-refractivity contribution in [1.29, 1.82) is 0 Å². The molecule has 2 heterocycles.